The van der Waals surface area contributed by atoms with Gasteiger partial charge >= 0.3 is 0 Å². The van der Waals surface area contributed by atoms with Crippen LogP contribution in [0.3, 0.4) is 0 Å². The first-order chi connectivity index (χ1) is 15.9. The second-order valence-electron chi connectivity index (χ2n) is 12.5. The van der Waals surface area contributed by atoms with Gasteiger partial charge in [-0.25, -0.2) is 0 Å². The smallest absolute Gasteiger partial charge is 0.0616 e. The van der Waals surface area contributed by atoms with E-state index in [4.69, 9.17) is 4.74 Å². The highest BCUT2D eigenvalue weighted by molar-refractivity contribution is 5.82. The van der Waals surface area contributed by atoms with Crippen LogP contribution in [0.5, 0.6) is 0 Å². The third-order valence-corrected chi connectivity index (χ3v) is 10.6. The zero-order valence-electron chi connectivity index (χ0n) is 21.0. The van der Waals surface area contributed by atoms with Crippen LogP contribution in [-0.2, 0) is 4.74 Å². The molecule has 0 unspecified atom stereocenters. The fourth-order valence-electron chi connectivity index (χ4n) is 9.00. The number of pyridine rings is 1. The molecule has 3 saturated carbocycles. The monoisotopic (exact) mass is 443 g/mol. The third kappa shape index (κ3) is 3.42. The molecule has 1 aromatic carbocycles. The van der Waals surface area contributed by atoms with Gasteiger partial charge in [-0.2, -0.15) is 0 Å². The Kier molecular flexibility index (Phi) is 5.25. The van der Waals surface area contributed by atoms with E-state index in [0.717, 1.165) is 17.8 Å². The summed E-state index contributed by atoms with van der Waals surface area (Å²) in [6.45, 7) is 9.63. The van der Waals surface area contributed by atoms with Crippen LogP contribution < -0.4 is 0 Å². The van der Waals surface area contributed by atoms with Crippen LogP contribution in [0, 0.1) is 28.6 Å². The van der Waals surface area contributed by atoms with Crippen molar-refractivity contribution in [1.82, 2.24) is 4.98 Å². The van der Waals surface area contributed by atoms with E-state index in [0.29, 0.717) is 29.0 Å². The standard InChI is InChI=1S/C31H41NO/c1-20(2)33-25-11-14-30(3)24(18-25)7-8-26-28-10-9-27(31(28,4)15-12-29(26)30)22-6-5-21-13-16-32-19-23(21)17-22/h5-7,13,16-17,19-20,25-29H,8-12,14-15,18H2,1-4H3/t25-,26-,27+,28-,29-,30-,31+/m0/s1. The van der Waals surface area contributed by atoms with Crippen molar-refractivity contribution >= 4 is 10.8 Å². The molecular weight excluding hydrogens is 402 g/mol. The summed E-state index contributed by atoms with van der Waals surface area (Å²) in [5, 5.41) is 2.61. The summed E-state index contributed by atoms with van der Waals surface area (Å²) >= 11 is 0. The molecule has 2 nitrogen and oxygen atoms in total. The van der Waals surface area contributed by atoms with E-state index in [1.54, 1.807) is 11.1 Å². The second-order valence-corrected chi connectivity index (χ2v) is 12.5. The Morgan fingerprint density at radius 2 is 1.85 bits per heavy atom. The average molecular weight is 444 g/mol. The van der Waals surface area contributed by atoms with E-state index in [9.17, 15) is 0 Å². The summed E-state index contributed by atoms with van der Waals surface area (Å²) in [6, 6.07) is 9.33. The van der Waals surface area contributed by atoms with Crippen molar-refractivity contribution in [3.63, 3.8) is 0 Å². The fourth-order valence-corrected chi connectivity index (χ4v) is 9.00. The number of benzene rings is 1. The van der Waals surface area contributed by atoms with Gasteiger partial charge in [-0.3, -0.25) is 4.98 Å². The van der Waals surface area contributed by atoms with Crippen LogP contribution in [-0.4, -0.2) is 17.2 Å². The summed E-state index contributed by atoms with van der Waals surface area (Å²) in [6.07, 6.45) is 18.0. The molecule has 2 heteroatoms. The Hall–Kier alpha value is -1.67. The minimum Gasteiger partial charge on any atom is -0.375 e. The van der Waals surface area contributed by atoms with Gasteiger partial charge in [0, 0.05) is 17.8 Å². The number of hydrogen-bond acceptors (Lipinski definition) is 2. The van der Waals surface area contributed by atoms with Gasteiger partial charge in [0.15, 0.2) is 0 Å². The molecule has 0 radical (unpaired) electrons. The number of nitrogens with zero attached hydrogens (tertiary/aromatic N) is 1. The van der Waals surface area contributed by atoms with Gasteiger partial charge in [-0.05, 0) is 123 Å². The van der Waals surface area contributed by atoms with E-state index in [1.807, 2.05) is 12.4 Å². The molecule has 1 heterocycles. The molecule has 176 valence electrons. The maximum Gasteiger partial charge on any atom is 0.0616 e. The zero-order valence-corrected chi connectivity index (χ0v) is 21.0. The van der Waals surface area contributed by atoms with Crippen LogP contribution in [0.25, 0.3) is 10.8 Å². The van der Waals surface area contributed by atoms with Crippen LogP contribution in [0.15, 0.2) is 48.3 Å². The van der Waals surface area contributed by atoms with Crippen molar-refractivity contribution in [2.24, 2.45) is 28.6 Å². The SMILES string of the molecule is CC(C)O[C@H]1CC[C@@]2(C)C(=CC[C@H]3[C@@H]4CC[C@H](c5ccc6ccncc6c5)[C@@]4(C)CC[C@@H]32)C1. The van der Waals surface area contributed by atoms with Crippen LogP contribution in [0.2, 0.25) is 0 Å². The normalized spacial score (nSPS) is 40.3. The molecule has 0 spiro atoms. The predicted octanol–water partition coefficient (Wildman–Crippen LogP) is 8.07. The number of ether oxygens (including phenoxy) is 1. The Balaban J connectivity index is 1.27. The topological polar surface area (TPSA) is 22.1 Å². The first kappa shape index (κ1) is 21.8. The predicted molar refractivity (Wildman–Crippen MR) is 136 cm³/mol. The number of fused-ring (bicyclic) bond motifs is 6. The van der Waals surface area contributed by atoms with Crippen molar-refractivity contribution in [3.8, 4) is 0 Å². The van der Waals surface area contributed by atoms with E-state index >= 15 is 0 Å². The lowest BCUT2D eigenvalue weighted by Gasteiger charge is -2.58. The molecular formula is C31H41NO. The van der Waals surface area contributed by atoms with E-state index < -0.39 is 0 Å². The number of aromatic nitrogens is 1. The molecule has 0 N–H and O–H groups in total. The van der Waals surface area contributed by atoms with Crippen molar-refractivity contribution in [1.29, 1.82) is 0 Å². The Morgan fingerprint density at radius 1 is 0.970 bits per heavy atom. The van der Waals surface area contributed by atoms with Crippen LogP contribution in [0.4, 0.5) is 0 Å². The van der Waals surface area contributed by atoms with Crippen LogP contribution in [0.1, 0.15) is 90.5 Å². The largest absolute Gasteiger partial charge is 0.375 e. The van der Waals surface area contributed by atoms with Gasteiger partial charge in [0.05, 0.1) is 12.2 Å². The summed E-state index contributed by atoms with van der Waals surface area (Å²) in [7, 11) is 0. The van der Waals surface area contributed by atoms with Gasteiger partial charge in [-0.15, -0.1) is 0 Å². The molecule has 4 aliphatic carbocycles. The first-order valence-electron chi connectivity index (χ1n) is 13.6. The highest BCUT2D eigenvalue weighted by atomic mass is 16.5. The number of hydrogen-bond donors (Lipinski definition) is 0. The van der Waals surface area contributed by atoms with E-state index in [2.05, 4.69) is 63.0 Å². The summed E-state index contributed by atoms with van der Waals surface area (Å²) in [4.78, 5) is 4.38. The summed E-state index contributed by atoms with van der Waals surface area (Å²) in [5.74, 6) is 3.30. The molecule has 0 bridgehead atoms. The fraction of sp³-hybridized carbons (Fsp3) is 0.645. The molecule has 7 atom stereocenters. The van der Waals surface area contributed by atoms with Crippen molar-refractivity contribution in [2.45, 2.75) is 97.2 Å². The highest BCUT2D eigenvalue weighted by Crippen LogP contribution is 2.68. The Labute approximate surface area is 200 Å². The lowest BCUT2D eigenvalue weighted by Crippen LogP contribution is -2.50. The zero-order chi connectivity index (χ0) is 22.8. The van der Waals surface area contributed by atoms with Crippen molar-refractivity contribution in [2.75, 3.05) is 0 Å². The average Bonchev–Trinajstić information content (AvgIpc) is 3.16. The number of rotatable bonds is 3. The van der Waals surface area contributed by atoms with Crippen molar-refractivity contribution < 1.29 is 4.74 Å². The van der Waals surface area contributed by atoms with Gasteiger partial charge in [-0.1, -0.05) is 37.6 Å². The Bertz CT molecular complexity index is 1070. The molecule has 6 rings (SSSR count). The lowest BCUT2D eigenvalue weighted by atomic mass is 9.47. The van der Waals surface area contributed by atoms with Gasteiger partial charge in [0.1, 0.15) is 0 Å². The number of allylic oxidation sites excluding steroid dienone is 1. The van der Waals surface area contributed by atoms with Gasteiger partial charge in [0.2, 0.25) is 0 Å². The second kappa shape index (κ2) is 7.94. The molecule has 2 aromatic rings. The Morgan fingerprint density at radius 3 is 2.70 bits per heavy atom. The van der Waals surface area contributed by atoms with Crippen molar-refractivity contribution in [3.05, 3.63) is 53.9 Å². The maximum absolute atomic E-state index is 6.25. The first-order valence-corrected chi connectivity index (χ1v) is 13.6. The highest BCUT2D eigenvalue weighted by Gasteiger charge is 2.58. The molecule has 1 aromatic heterocycles. The molecule has 33 heavy (non-hydrogen) atoms. The lowest BCUT2D eigenvalue weighted by molar-refractivity contribution is -0.0610. The molecule has 0 aliphatic heterocycles. The summed E-state index contributed by atoms with van der Waals surface area (Å²) < 4.78 is 6.25. The minimum absolute atomic E-state index is 0.341. The quantitative estimate of drug-likeness (QED) is 0.447. The maximum atomic E-state index is 6.25. The van der Waals surface area contributed by atoms with Gasteiger partial charge < -0.3 is 4.74 Å². The van der Waals surface area contributed by atoms with Gasteiger partial charge in [0.25, 0.3) is 0 Å². The molecule has 4 aliphatic rings. The molecule has 0 saturated heterocycles. The van der Waals surface area contributed by atoms with Crippen LogP contribution >= 0.6 is 0 Å². The molecule has 3 fully saturated rings. The minimum atomic E-state index is 0.341. The summed E-state index contributed by atoms with van der Waals surface area (Å²) in [5.41, 5.74) is 4.15. The van der Waals surface area contributed by atoms with E-state index in [1.165, 1.54) is 62.1 Å². The molecule has 0 amide bonds. The third-order valence-electron chi connectivity index (χ3n) is 10.6. The van der Waals surface area contributed by atoms with E-state index in [-0.39, 0.29) is 0 Å².